The number of terminal acetylenes is 1. The SMILES string of the molecule is C#CCNS(=O)(=O)c1ccc(C(=O)NCC(CC)CCCC)cc1. The molecule has 1 atom stereocenters. The van der Waals surface area contributed by atoms with Gasteiger partial charge in [0.05, 0.1) is 11.4 Å². The minimum atomic E-state index is -3.63. The third-order valence-electron chi connectivity index (χ3n) is 3.89. The van der Waals surface area contributed by atoms with Crippen LogP contribution in [-0.2, 0) is 10.0 Å². The van der Waals surface area contributed by atoms with E-state index in [4.69, 9.17) is 6.42 Å². The zero-order valence-electron chi connectivity index (χ0n) is 14.3. The van der Waals surface area contributed by atoms with Crippen LogP contribution in [0.15, 0.2) is 29.2 Å². The predicted molar refractivity (Wildman–Crippen MR) is 96.1 cm³/mol. The summed E-state index contributed by atoms with van der Waals surface area (Å²) in [6.45, 7) is 4.84. The van der Waals surface area contributed by atoms with Crippen molar-refractivity contribution in [3.8, 4) is 12.3 Å². The first kappa shape index (κ1) is 20.2. The number of sulfonamides is 1. The minimum absolute atomic E-state index is 0.0687. The van der Waals surface area contributed by atoms with Crippen molar-refractivity contribution in [3.05, 3.63) is 29.8 Å². The molecule has 2 N–H and O–H groups in total. The number of benzene rings is 1. The molecule has 24 heavy (non-hydrogen) atoms. The summed E-state index contributed by atoms with van der Waals surface area (Å²) in [5, 5.41) is 2.92. The second-order valence-corrected chi connectivity index (χ2v) is 7.45. The lowest BCUT2D eigenvalue weighted by atomic mass is 9.99. The van der Waals surface area contributed by atoms with Crippen LogP contribution in [0.25, 0.3) is 0 Å². The van der Waals surface area contributed by atoms with Gasteiger partial charge in [-0.1, -0.05) is 39.0 Å². The van der Waals surface area contributed by atoms with E-state index in [1.165, 1.54) is 24.3 Å². The fourth-order valence-corrected chi connectivity index (χ4v) is 3.22. The van der Waals surface area contributed by atoms with Gasteiger partial charge >= 0.3 is 0 Å². The maximum atomic E-state index is 12.2. The quantitative estimate of drug-likeness (QED) is 0.637. The van der Waals surface area contributed by atoms with E-state index >= 15 is 0 Å². The average Bonchev–Trinajstić information content (AvgIpc) is 2.60. The highest BCUT2D eigenvalue weighted by atomic mass is 32.2. The summed E-state index contributed by atoms with van der Waals surface area (Å²) >= 11 is 0. The largest absolute Gasteiger partial charge is 0.352 e. The standard InChI is InChI=1S/C18H26N2O3S/c1-4-7-8-15(6-3)14-19-18(21)16-9-11-17(12-10-16)24(22,23)20-13-5-2/h2,9-12,15,20H,4,6-8,13-14H2,1,3H3,(H,19,21). The highest BCUT2D eigenvalue weighted by molar-refractivity contribution is 7.89. The molecule has 132 valence electrons. The number of amides is 1. The predicted octanol–water partition coefficient (Wildman–Crippen LogP) is 2.54. The Hall–Kier alpha value is -1.84. The molecule has 1 aromatic carbocycles. The highest BCUT2D eigenvalue weighted by Crippen LogP contribution is 2.13. The number of carbonyl (C=O) groups excluding carboxylic acids is 1. The number of hydrogen-bond acceptors (Lipinski definition) is 3. The van der Waals surface area contributed by atoms with Gasteiger partial charge in [-0.05, 0) is 36.6 Å². The van der Waals surface area contributed by atoms with Crippen molar-refractivity contribution in [3.63, 3.8) is 0 Å². The van der Waals surface area contributed by atoms with Crippen LogP contribution in [0, 0.1) is 18.3 Å². The number of unbranched alkanes of at least 4 members (excludes halogenated alkanes) is 1. The number of nitrogens with one attached hydrogen (secondary N) is 2. The third kappa shape index (κ3) is 6.34. The molecule has 1 unspecified atom stereocenters. The van der Waals surface area contributed by atoms with Gasteiger partial charge in [0.15, 0.2) is 0 Å². The fraction of sp³-hybridized carbons (Fsp3) is 0.500. The van der Waals surface area contributed by atoms with Gasteiger partial charge in [0.1, 0.15) is 0 Å². The molecule has 0 aromatic heterocycles. The smallest absolute Gasteiger partial charge is 0.251 e. The summed E-state index contributed by atoms with van der Waals surface area (Å²) in [5.41, 5.74) is 0.441. The average molecular weight is 350 g/mol. The Morgan fingerprint density at radius 3 is 2.46 bits per heavy atom. The Morgan fingerprint density at radius 2 is 1.92 bits per heavy atom. The molecule has 0 heterocycles. The van der Waals surface area contributed by atoms with Gasteiger partial charge in [-0.25, -0.2) is 8.42 Å². The van der Waals surface area contributed by atoms with E-state index in [0.29, 0.717) is 18.0 Å². The van der Waals surface area contributed by atoms with E-state index in [1.807, 2.05) is 0 Å². The summed E-state index contributed by atoms with van der Waals surface area (Å²) in [6.07, 6.45) is 9.48. The summed E-state index contributed by atoms with van der Waals surface area (Å²) in [4.78, 5) is 12.3. The van der Waals surface area contributed by atoms with Crippen molar-refractivity contribution >= 4 is 15.9 Å². The second kappa shape index (κ2) is 10.1. The van der Waals surface area contributed by atoms with Crippen molar-refractivity contribution in [2.24, 2.45) is 5.92 Å². The van der Waals surface area contributed by atoms with Gasteiger partial charge in [-0.15, -0.1) is 6.42 Å². The molecule has 1 rings (SSSR count). The van der Waals surface area contributed by atoms with Gasteiger partial charge < -0.3 is 5.32 Å². The summed E-state index contributed by atoms with van der Waals surface area (Å²) < 4.78 is 26.1. The first-order valence-electron chi connectivity index (χ1n) is 8.26. The molecule has 0 radical (unpaired) electrons. The van der Waals surface area contributed by atoms with Crippen LogP contribution in [-0.4, -0.2) is 27.4 Å². The van der Waals surface area contributed by atoms with E-state index in [-0.39, 0.29) is 17.3 Å². The lowest BCUT2D eigenvalue weighted by Gasteiger charge is -2.15. The van der Waals surface area contributed by atoms with Crippen LogP contribution in [0.5, 0.6) is 0 Å². The van der Waals surface area contributed by atoms with Crippen LogP contribution in [0.2, 0.25) is 0 Å². The molecule has 1 aromatic rings. The van der Waals surface area contributed by atoms with Gasteiger partial charge in [0, 0.05) is 12.1 Å². The van der Waals surface area contributed by atoms with Crippen molar-refractivity contribution in [1.82, 2.24) is 10.0 Å². The topological polar surface area (TPSA) is 75.3 Å². The van der Waals surface area contributed by atoms with E-state index in [9.17, 15) is 13.2 Å². The zero-order chi connectivity index (χ0) is 18.0. The lowest BCUT2D eigenvalue weighted by Crippen LogP contribution is -2.29. The molecule has 0 saturated carbocycles. The van der Waals surface area contributed by atoms with Crippen LogP contribution < -0.4 is 10.0 Å². The summed E-state index contributed by atoms with van der Waals surface area (Å²) in [6, 6.07) is 5.82. The van der Waals surface area contributed by atoms with Crippen LogP contribution in [0.3, 0.4) is 0 Å². The molecule has 0 aliphatic carbocycles. The summed E-state index contributed by atoms with van der Waals surface area (Å²) in [7, 11) is -3.63. The second-order valence-electron chi connectivity index (χ2n) is 5.68. The maximum absolute atomic E-state index is 12.2. The monoisotopic (exact) mass is 350 g/mol. The van der Waals surface area contributed by atoms with Crippen molar-refractivity contribution in [2.75, 3.05) is 13.1 Å². The van der Waals surface area contributed by atoms with Crippen LogP contribution in [0.4, 0.5) is 0 Å². The lowest BCUT2D eigenvalue weighted by molar-refractivity contribution is 0.0945. The Labute approximate surface area is 145 Å². The number of hydrogen-bond donors (Lipinski definition) is 2. The molecule has 1 amide bonds. The van der Waals surface area contributed by atoms with Gasteiger partial charge in [0.25, 0.3) is 5.91 Å². The first-order valence-corrected chi connectivity index (χ1v) is 9.74. The van der Waals surface area contributed by atoms with E-state index in [2.05, 4.69) is 29.8 Å². The van der Waals surface area contributed by atoms with Crippen LogP contribution in [0.1, 0.15) is 49.9 Å². The first-order chi connectivity index (χ1) is 11.4. The molecule has 0 aliphatic heterocycles. The molecule has 6 heteroatoms. The molecular formula is C18H26N2O3S. The summed E-state index contributed by atoms with van der Waals surface area (Å²) in [5.74, 6) is 2.50. The molecule has 0 fully saturated rings. The fourth-order valence-electron chi connectivity index (χ4n) is 2.29. The van der Waals surface area contributed by atoms with Crippen molar-refractivity contribution in [1.29, 1.82) is 0 Å². The number of carbonyl (C=O) groups is 1. The van der Waals surface area contributed by atoms with Gasteiger partial charge in [-0.2, -0.15) is 4.72 Å². The van der Waals surface area contributed by atoms with E-state index in [0.717, 1.165) is 25.7 Å². The van der Waals surface area contributed by atoms with E-state index < -0.39 is 10.0 Å². The van der Waals surface area contributed by atoms with Gasteiger partial charge in [-0.3, -0.25) is 4.79 Å². The van der Waals surface area contributed by atoms with E-state index in [1.54, 1.807) is 0 Å². The minimum Gasteiger partial charge on any atom is -0.352 e. The Bertz CT molecular complexity index is 660. The maximum Gasteiger partial charge on any atom is 0.251 e. The highest BCUT2D eigenvalue weighted by Gasteiger charge is 2.14. The third-order valence-corrected chi connectivity index (χ3v) is 5.30. The van der Waals surface area contributed by atoms with Crippen LogP contribution >= 0.6 is 0 Å². The normalized spacial score (nSPS) is 12.4. The Morgan fingerprint density at radius 1 is 1.25 bits per heavy atom. The number of rotatable bonds is 10. The Balaban J connectivity index is 2.65. The molecule has 0 bridgehead atoms. The molecular weight excluding hydrogens is 324 g/mol. The zero-order valence-corrected chi connectivity index (χ0v) is 15.2. The molecule has 5 nitrogen and oxygen atoms in total. The van der Waals surface area contributed by atoms with Gasteiger partial charge in [0.2, 0.25) is 10.0 Å². The molecule has 0 aliphatic rings. The van der Waals surface area contributed by atoms with Crippen molar-refractivity contribution < 1.29 is 13.2 Å². The molecule has 0 spiro atoms. The molecule has 0 saturated heterocycles. The Kier molecular flexibility index (Phi) is 8.51. The van der Waals surface area contributed by atoms with Crippen molar-refractivity contribution in [2.45, 2.75) is 44.4 Å².